The van der Waals surface area contributed by atoms with Gasteiger partial charge in [-0.1, -0.05) is 13.8 Å². The van der Waals surface area contributed by atoms with Crippen molar-refractivity contribution < 1.29 is 0 Å². The Labute approximate surface area is 85.9 Å². The summed E-state index contributed by atoms with van der Waals surface area (Å²) in [5, 5.41) is 6.68. The van der Waals surface area contributed by atoms with Crippen molar-refractivity contribution in [3.63, 3.8) is 0 Å². The van der Waals surface area contributed by atoms with Crippen LogP contribution in [0.5, 0.6) is 0 Å². The molecule has 0 aliphatic heterocycles. The second kappa shape index (κ2) is 6.38. The van der Waals surface area contributed by atoms with Gasteiger partial charge in [-0.25, -0.2) is 0 Å². The lowest BCUT2D eigenvalue weighted by Gasteiger charge is -2.10. The van der Waals surface area contributed by atoms with Gasteiger partial charge >= 0.3 is 0 Å². The fraction of sp³-hybridized carbons (Fsp3) is 0.545. The predicted molar refractivity (Wildman–Crippen MR) is 60.4 cm³/mol. The molecule has 1 aromatic heterocycles. The molecule has 2 N–H and O–H groups in total. The number of nitrogens with zero attached hydrogens (tertiary/aromatic N) is 1. The molecule has 0 aromatic carbocycles. The molecule has 1 aromatic rings. The van der Waals surface area contributed by atoms with Gasteiger partial charge in [-0.15, -0.1) is 0 Å². The van der Waals surface area contributed by atoms with Gasteiger partial charge in [0.15, 0.2) is 0 Å². The maximum Gasteiger partial charge on any atom is 0.0572 e. The average Bonchev–Trinajstić information content (AvgIpc) is 2.24. The second-order valence-electron chi connectivity index (χ2n) is 3.24. The lowest BCUT2D eigenvalue weighted by molar-refractivity contribution is 0.726. The van der Waals surface area contributed by atoms with E-state index in [0.717, 1.165) is 31.7 Å². The van der Waals surface area contributed by atoms with Crippen LogP contribution in [0.2, 0.25) is 0 Å². The maximum absolute atomic E-state index is 4.12. The summed E-state index contributed by atoms with van der Waals surface area (Å²) in [5.41, 5.74) is 2.44. The summed E-state index contributed by atoms with van der Waals surface area (Å²) in [6.45, 7) is 7.18. The van der Waals surface area contributed by atoms with E-state index in [9.17, 15) is 0 Å². The molecule has 0 radical (unpaired) electrons. The minimum absolute atomic E-state index is 0.908. The van der Waals surface area contributed by atoms with Gasteiger partial charge in [-0.05, 0) is 24.6 Å². The molecule has 0 spiro atoms. The minimum Gasteiger partial charge on any atom is -0.384 e. The quantitative estimate of drug-likeness (QED) is 0.725. The third-order valence-electron chi connectivity index (χ3n) is 2.04. The van der Waals surface area contributed by atoms with E-state index in [1.54, 1.807) is 0 Å². The minimum atomic E-state index is 0.908. The number of hydrogen-bond acceptors (Lipinski definition) is 3. The van der Waals surface area contributed by atoms with Gasteiger partial charge in [-0.3, -0.25) is 4.98 Å². The average molecular weight is 193 g/mol. The van der Waals surface area contributed by atoms with Gasteiger partial charge in [0.2, 0.25) is 0 Å². The van der Waals surface area contributed by atoms with Crippen LogP contribution in [0, 0.1) is 0 Å². The van der Waals surface area contributed by atoms with Crippen LogP contribution in [0.3, 0.4) is 0 Å². The monoisotopic (exact) mass is 193 g/mol. The van der Waals surface area contributed by atoms with Crippen LogP contribution in [0.25, 0.3) is 0 Å². The van der Waals surface area contributed by atoms with Crippen LogP contribution in [0.15, 0.2) is 18.5 Å². The molecule has 3 nitrogen and oxygen atoms in total. The Hall–Kier alpha value is -1.09. The highest BCUT2D eigenvalue weighted by molar-refractivity contribution is 5.48. The van der Waals surface area contributed by atoms with Crippen molar-refractivity contribution in [1.29, 1.82) is 0 Å². The molecule has 3 heteroatoms. The summed E-state index contributed by atoms with van der Waals surface area (Å²) >= 11 is 0. The largest absolute Gasteiger partial charge is 0.384 e. The van der Waals surface area contributed by atoms with E-state index in [0.29, 0.717) is 0 Å². The summed E-state index contributed by atoms with van der Waals surface area (Å²) in [4.78, 5) is 4.12. The van der Waals surface area contributed by atoms with Gasteiger partial charge in [0.1, 0.15) is 0 Å². The van der Waals surface area contributed by atoms with Crippen molar-refractivity contribution >= 4 is 5.69 Å². The summed E-state index contributed by atoms with van der Waals surface area (Å²) in [6, 6.07) is 2.06. The van der Waals surface area contributed by atoms with Crippen LogP contribution >= 0.6 is 0 Å². The Morgan fingerprint density at radius 3 is 2.93 bits per heavy atom. The first-order valence-corrected chi connectivity index (χ1v) is 5.26. The number of rotatable bonds is 6. The van der Waals surface area contributed by atoms with Gasteiger partial charge in [0.05, 0.1) is 11.9 Å². The third kappa shape index (κ3) is 3.34. The van der Waals surface area contributed by atoms with Crippen LogP contribution < -0.4 is 10.6 Å². The molecule has 0 amide bonds. The van der Waals surface area contributed by atoms with E-state index in [-0.39, 0.29) is 0 Å². The van der Waals surface area contributed by atoms with E-state index in [1.165, 1.54) is 5.56 Å². The van der Waals surface area contributed by atoms with E-state index in [2.05, 4.69) is 35.5 Å². The summed E-state index contributed by atoms with van der Waals surface area (Å²) in [5.74, 6) is 0. The molecule has 1 rings (SSSR count). The van der Waals surface area contributed by atoms with Crippen molar-refractivity contribution in [3.8, 4) is 0 Å². The van der Waals surface area contributed by atoms with Gasteiger partial charge in [-0.2, -0.15) is 0 Å². The van der Waals surface area contributed by atoms with E-state index in [4.69, 9.17) is 0 Å². The smallest absolute Gasteiger partial charge is 0.0572 e. The molecule has 0 saturated carbocycles. The van der Waals surface area contributed by atoms with Crippen LogP contribution in [0.4, 0.5) is 5.69 Å². The molecule has 14 heavy (non-hydrogen) atoms. The molecule has 0 atom stereocenters. The molecule has 0 bridgehead atoms. The Balaban J connectivity index is 2.60. The molecule has 1 heterocycles. The Morgan fingerprint density at radius 1 is 1.36 bits per heavy atom. The zero-order valence-electron chi connectivity index (χ0n) is 9.01. The number of nitrogens with one attached hydrogen (secondary N) is 2. The zero-order valence-corrected chi connectivity index (χ0v) is 9.01. The number of pyridine rings is 1. The first-order valence-electron chi connectivity index (χ1n) is 5.26. The van der Waals surface area contributed by atoms with E-state index < -0.39 is 0 Å². The van der Waals surface area contributed by atoms with E-state index >= 15 is 0 Å². The molecule has 0 saturated heterocycles. The van der Waals surface area contributed by atoms with Crippen molar-refractivity contribution in [1.82, 2.24) is 10.3 Å². The SMILES string of the molecule is CCCNc1cnccc1CNCC. The fourth-order valence-electron chi connectivity index (χ4n) is 1.26. The fourth-order valence-corrected chi connectivity index (χ4v) is 1.26. The van der Waals surface area contributed by atoms with Gasteiger partial charge in [0, 0.05) is 19.3 Å². The van der Waals surface area contributed by atoms with Gasteiger partial charge in [0.25, 0.3) is 0 Å². The first kappa shape index (κ1) is 11.0. The summed E-state index contributed by atoms with van der Waals surface area (Å²) in [6.07, 6.45) is 4.86. The predicted octanol–water partition coefficient (Wildman–Crippen LogP) is 2.01. The molecule has 0 fully saturated rings. The maximum atomic E-state index is 4.12. The second-order valence-corrected chi connectivity index (χ2v) is 3.24. The Kier molecular flexibility index (Phi) is 5.00. The summed E-state index contributed by atoms with van der Waals surface area (Å²) < 4.78 is 0. The number of hydrogen-bond donors (Lipinski definition) is 2. The normalized spacial score (nSPS) is 10.1. The molecule has 0 aliphatic carbocycles. The summed E-state index contributed by atoms with van der Waals surface area (Å²) in [7, 11) is 0. The van der Waals surface area contributed by atoms with Gasteiger partial charge < -0.3 is 10.6 Å². The number of aromatic nitrogens is 1. The molecular formula is C11H19N3. The topological polar surface area (TPSA) is 37.0 Å². The molecule has 78 valence electrons. The zero-order chi connectivity index (χ0) is 10.2. The molecular weight excluding hydrogens is 174 g/mol. The molecule has 0 unspecified atom stereocenters. The lowest BCUT2D eigenvalue weighted by atomic mass is 10.2. The number of anilines is 1. The van der Waals surface area contributed by atoms with Crippen LogP contribution in [0.1, 0.15) is 25.8 Å². The van der Waals surface area contributed by atoms with Crippen LogP contribution in [-0.2, 0) is 6.54 Å². The highest BCUT2D eigenvalue weighted by Gasteiger charge is 1.99. The molecule has 0 aliphatic rings. The Morgan fingerprint density at radius 2 is 2.21 bits per heavy atom. The van der Waals surface area contributed by atoms with Crippen molar-refractivity contribution in [2.24, 2.45) is 0 Å². The standard InChI is InChI=1S/C11H19N3/c1-3-6-14-11-9-13-7-5-10(11)8-12-4-2/h5,7,9,12,14H,3-4,6,8H2,1-2H3. The van der Waals surface area contributed by atoms with Crippen molar-refractivity contribution in [2.75, 3.05) is 18.4 Å². The third-order valence-corrected chi connectivity index (χ3v) is 2.04. The Bertz CT molecular complexity index is 233. The first-order chi connectivity index (χ1) is 6.88. The lowest BCUT2D eigenvalue weighted by Crippen LogP contribution is -2.14. The van der Waals surface area contributed by atoms with E-state index in [1.807, 2.05) is 12.4 Å². The van der Waals surface area contributed by atoms with Crippen molar-refractivity contribution in [3.05, 3.63) is 24.0 Å². The highest BCUT2D eigenvalue weighted by atomic mass is 14.9. The van der Waals surface area contributed by atoms with Crippen LogP contribution in [-0.4, -0.2) is 18.1 Å². The highest BCUT2D eigenvalue weighted by Crippen LogP contribution is 2.12. The van der Waals surface area contributed by atoms with Crippen molar-refractivity contribution in [2.45, 2.75) is 26.8 Å².